The normalized spacial score (nSPS) is 21.5. The number of likely N-dealkylation sites (tertiary alicyclic amines) is 1. The lowest BCUT2D eigenvalue weighted by Gasteiger charge is -2.33. The van der Waals surface area contributed by atoms with Crippen LogP contribution in [0.1, 0.15) is 6.42 Å². The predicted molar refractivity (Wildman–Crippen MR) is 123 cm³/mol. The standard InChI is InChI=1S/C24H23FN6O2/c1-30-11-17-10-16(30)12-31(17)21-4-3-15(9-18(21)25)27-24-26-7-6-19(29-24)14-2-5-22-20(8-14)28-23(32)13-33-22/h2-9,16-17H,10-13H2,1H3,(H,28,32)(H,26,27,29)/t16-,17+/m1/s1. The summed E-state index contributed by atoms with van der Waals surface area (Å²) in [5.41, 5.74) is 3.32. The number of rotatable bonds is 4. The van der Waals surface area contributed by atoms with E-state index in [-0.39, 0.29) is 18.3 Å². The fraction of sp³-hybridized carbons (Fsp3) is 0.292. The highest BCUT2D eigenvalue weighted by molar-refractivity contribution is 5.96. The highest BCUT2D eigenvalue weighted by atomic mass is 19.1. The molecule has 1 amide bonds. The molecule has 2 bridgehead atoms. The van der Waals surface area contributed by atoms with E-state index in [1.54, 1.807) is 18.3 Å². The zero-order valence-electron chi connectivity index (χ0n) is 18.1. The van der Waals surface area contributed by atoms with E-state index in [1.165, 1.54) is 6.07 Å². The minimum absolute atomic E-state index is 0.0132. The van der Waals surface area contributed by atoms with Crippen LogP contribution in [0.4, 0.5) is 27.4 Å². The Morgan fingerprint density at radius 1 is 1.15 bits per heavy atom. The highest BCUT2D eigenvalue weighted by Crippen LogP contribution is 2.36. The lowest BCUT2D eigenvalue weighted by atomic mass is 10.1. The summed E-state index contributed by atoms with van der Waals surface area (Å²) >= 11 is 0. The summed E-state index contributed by atoms with van der Waals surface area (Å²) in [5, 5.41) is 5.90. The number of likely N-dealkylation sites (N-methyl/N-ethyl adjacent to an activating group) is 1. The van der Waals surface area contributed by atoms with Crippen molar-refractivity contribution < 1.29 is 13.9 Å². The summed E-state index contributed by atoms with van der Waals surface area (Å²) in [6, 6.07) is 13.3. The van der Waals surface area contributed by atoms with E-state index in [0.717, 1.165) is 25.1 Å². The molecule has 0 aliphatic carbocycles. The molecule has 168 valence electrons. The molecule has 4 heterocycles. The number of aromatic nitrogens is 2. The molecule has 3 aliphatic rings. The van der Waals surface area contributed by atoms with Crippen LogP contribution in [0.5, 0.6) is 5.75 Å². The third kappa shape index (κ3) is 3.64. The molecule has 6 rings (SSSR count). The zero-order chi connectivity index (χ0) is 22.5. The van der Waals surface area contributed by atoms with Gasteiger partial charge in [-0.15, -0.1) is 0 Å². The molecule has 2 aromatic carbocycles. The summed E-state index contributed by atoms with van der Waals surface area (Å²) in [5.74, 6) is 0.541. The summed E-state index contributed by atoms with van der Waals surface area (Å²) in [4.78, 5) is 25.0. The molecule has 2 saturated heterocycles. The third-order valence-electron chi connectivity index (χ3n) is 6.59. The van der Waals surface area contributed by atoms with Crippen LogP contribution < -0.4 is 20.3 Å². The number of carbonyl (C=O) groups excluding carboxylic acids is 1. The number of anilines is 4. The van der Waals surface area contributed by atoms with Crippen molar-refractivity contribution in [3.8, 4) is 17.0 Å². The molecule has 0 spiro atoms. The zero-order valence-corrected chi connectivity index (χ0v) is 18.1. The summed E-state index contributed by atoms with van der Waals surface area (Å²) in [6.45, 7) is 1.85. The Balaban J connectivity index is 1.21. The monoisotopic (exact) mass is 446 g/mol. The second-order valence-electron chi connectivity index (χ2n) is 8.74. The number of piperazine rings is 1. The van der Waals surface area contributed by atoms with Crippen molar-refractivity contribution in [1.82, 2.24) is 14.9 Å². The molecule has 2 atom stereocenters. The van der Waals surface area contributed by atoms with E-state index in [1.807, 2.05) is 24.3 Å². The average molecular weight is 446 g/mol. The summed E-state index contributed by atoms with van der Waals surface area (Å²) in [6.07, 6.45) is 2.73. The van der Waals surface area contributed by atoms with Crippen molar-refractivity contribution in [1.29, 1.82) is 0 Å². The number of carbonyl (C=O) groups is 1. The van der Waals surface area contributed by atoms with Gasteiger partial charge in [0.25, 0.3) is 5.91 Å². The molecule has 2 fully saturated rings. The van der Waals surface area contributed by atoms with E-state index >= 15 is 0 Å². The number of amides is 1. The van der Waals surface area contributed by atoms with Crippen LogP contribution >= 0.6 is 0 Å². The molecular weight excluding hydrogens is 423 g/mol. The van der Waals surface area contributed by atoms with Crippen LogP contribution in [-0.4, -0.2) is 59.6 Å². The second-order valence-corrected chi connectivity index (χ2v) is 8.74. The van der Waals surface area contributed by atoms with Gasteiger partial charge in [0, 0.05) is 42.6 Å². The fourth-order valence-corrected chi connectivity index (χ4v) is 4.93. The molecule has 8 nitrogen and oxygen atoms in total. The molecule has 1 aromatic heterocycles. The first-order chi connectivity index (χ1) is 16.0. The van der Waals surface area contributed by atoms with Gasteiger partial charge in [0.2, 0.25) is 5.95 Å². The smallest absolute Gasteiger partial charge is 0.262 e. The number of hydrogen-bond donors (Lipinski definition) is 2. The van der Waals surface area contributed by atoms with Crippen molar-refractivity contribution in [2.75, 3.05) is 42.3 Å². The fourth-order valence-electron chi connectivity index (χ4n) is 4.93. The average Bonchev–Trinajstić information content (AvgIpc) is 3.38. The van der Waals surface area contributed by atoms with Crippen LogP contribution in [0, 0.1) is 5.82 Å². The van der Waals surface area contributed by atoms with E-state index in [9.17, 15) is 9.18 Å². The Bertz CT molecular complexity index is 1250. The number of benzene rings is 2. The van der Waals surface area contributed by atoms with Gasteiger partial charge in [-0.05, 0) is 55.9 Å². The lowest BCUT2D eigenvalue weighted by molar-refractivity contribution is -0.118. The molecule has 0 unspecified atom stereocenters. The van der Waals surface area contributed by atoms with Gasteiger partial charge >= 0.3 is 0 Å². The maximum Gasteiger partial charge on any atom is 0.262 e. The molecule has 2 N–H and O–H groups in total. The van der Waals surface area contributed by atoms with Gasteiger partial charge in [-0.3, -0.25) is 9.69 Å². The highest BCUT2D eigenvalue weighted by Gasteiger charge is 2.42. The van der Waals surface area contributed by atoms with Crippen LogP contribution in [0.3, 0.4) is 0 Å². The minimum atomic E-state index is -0.253. The van der Waals surface area contributed by atoms with Gasteiger partial charge in [-0.2, -0.15) is 0 Å². The van der Waals surface area contributed by atoms with Gasteiger partial charge in [0.15, 0.2) is 6.61 Å². The predicted octanol–water partition coefficient (Wildman–Crippen LogP) is 3.25. The molecular formula is C24H23FN6O2. The number of hydrogen-bond acceptors (Lipinski definition) is 7. The number of nitrogens with zero attached hydrogens (tertiary/aromatic N) is 4. The van der Waals surface area contributed by atoms with Gasteiger partial charge in [-0.1, -0.05) is 0 Å². The van der Waals surface area contributed by atoms with Gasteiger partial charge in [0.05, 0.1) is 17.1 Å². The number of fused-ring (bicyclic) bond motifs is 3. The Morgan fingerprint density at radius 2 is 2.06 bits per heavy atom. The number of ether oxygens (including phenoxy) is 1. The summed E-state index contributed by atoms with van der Waals surface area (Å²) < 4.78 is 20.4. The number of halogens is 1. The Morgan fingerprint density at radius 3 is 2.85 bits per heavy atom. The Labute approximate surface area is 190 Å². The van der Waals surface area contributed by atoms with Crippen LogP contribution in [0.25, 0.3) is 11.3 Å². The first-order valence-corrected chi connectivity index (χ1v) is 11.0. The van der Waals surface area contributed by atoms with Crippen molar-refractivity contribution in [2.45, 2.75) is 18.5 Å². The van der Waals surface area contributed by atoms with E-state index < -0.39 is 0 Å². The lowest BCUT2D eigenvalue weighted by Crippen LogP contribution is -2.44. The maximum absolute atomic E-state index is 15.0. The second kappa shape index (κ2) is 7.70. The first kappa shape index (κ1) is 19.9. The largest absolute Gasteiger partial charge is 0.482 e. The molecule has 33 heavy (non-hydrogen) atoms. The third-order valence-corrected chi connectivity index (χ3v) is 6.59. The van der Waals surface area contributed by atoms with Gasteiger partial charge < -0.3 is 20.3 Å². The van der Waals surface area contributed by atoms with Crippen molar-refractivity contribution >= 4 is 28.9 Å². The van der Waals surface area contributed by atoms with Gasteiger partial charge in [0.1, 0.15) is 11.6 Å². The first-order valence-electron chi connectivity index (χ1n) is 11.0. The number of nitrogens with one attached hydrogen (secondary N) is 2. The van der Waals surface area contributed by atoms with Crippen molar-refractivity contribution in [2.24, 2.45) is 0 Å². The summed E-state index contributed by atoms with van der Waals surface area (Å²) in [7, 11) is 2.13. The van der Waals surface area contributed by atoms with Crippen molar-refractivity contribution in [3.63, 3.8) is 0 Å². The SMILES string of the molecule is CN1C[C@@H]2C[C@@H]1CN2c1ccc(Nc2nccc(-c3ccc4c(c3)NC(=O)CO4)n2)cc1F. The van der Waals surface area contributed by atoms with Gasteiger partial charge in [-0.25, -0.2) is 14.4 Å². The van der Waals surface area contributed by atoms with Crippen LogP contribution in [-0.2, 0) is 4.79 Å². The molecule has 3 aromatic rings. The quantitative estimate of drug-likeness (QED) is 0.637. The minimum Gasteiger partial charge on any atom is -0.482 e. The molecule has 9 heteroatoms. The van der Waals surface area contributed by atoms with Crippen LogP contribution in [0.2, 0.25) is 0 Å². The maximum atomic E-state index is 15.0. The van der Waals surface area contributed by atoms with Crippen molar-refractivity contribution in [3.05, 3.63) is 54.5 Å². The molecule has 0 radical (unpaired) electrons. The van der Waals surface area contributed by atoms with E-state index in [4.69, 9.17) is 4.74 Å². The topological polar surface area (TPSA) is 82.6 Å². The Hall–Kier alpha value is -3.72. The Kier molecular flexibility index (Phi) is 4.65. The molecule has 0 saturated carbocycles. The van der Waals surface area contributed by atoms with Crippen LogP contribution in [0.15, 0.2) is 48.7 Å². The van der Waals surface area contributed by atoms with E-state index in [0.29, 0.717) is 46.5 Å². The van der Waals surface area contributed by atoms with E-state index in [2.05, 4.69) is 37.4 Å². The molecule has 3 aliphatic heterocycles.